The molecule has 3 nitrogen and oxygen atoms in total. The summed E-state index contributed by atoms with van der Waals surface area (Å²) in [5.41, 5.74) is 1.37. The number of aromatic hydroxyl groups is 1. The third-order valence-corrected chi connectivity index (χ3v) is 5.04. The molecule has 2 fully saturated rings. The van der Waals surface area contributed by atoms with Crippen LogP contribution in [0.4, 0.5) is 0 Å². The zero-order valence-electron chi connectivity index (χ0n) is 12.1. The summed E-state index contributed by atoms with van der Waals surface area (Å²) in [7, 11) is 0. The standard InChI is InChI=1S/C17H23NO2/c1-12-14(8-4-10-16(12)19)17(20)18-11-5-9-15(18)13-6-2-3-7-13/h4,8,10,13,15,19H,2-3,5-7,9,11H2,1H3. The molecule has 1 heterocycles. The Labute approximate surface area is 120 Å². The Bertz CT molecular complexity index is 506. The summed E-state index contributed by atoms with van der Waals surface area (Å²) < 4.78 is 0. The van der Waals surface area contributed by atoms with Gasteiger partial charge >= 0.3 is 0 Å². The Morgan fingerprint density at radius 2 is 1.95 bits per heavy atom. The van der Waals surface area contributed by atoms with Gasteiger partial charge in [0.1, 0.15) is 5.75 Å². The zero-order chi connectivity index (χ0) is 14.1. The van der Waals surface area contributed by atoms with Crippen LogP contribution in [0.25, 0.3) is 0 Å². The first-order valence-electron chi connectivity index (χ1n) is 7.78. The van der Waals surface area contributed by atoms with Crippen molar-refractivity contribution in [3.8, 4) is 5.75 Å². The van der Waals surface area contributed by atoms with Crippen molar-refractivity contribution in [3.63, 3.8) is 0 Å². The van der Waals surface area contributed by atoms with E-state index in [2.05, 4.69) is 4.90 Å². The number of amides is 1. The van der Waals surface area contributed by atoms with Gasteiger partial charge in [-0.05, 0) is 50.7 Å². The predicted molar refractivity (Wildman–Crippen MR) is 78.9 cm³/mol. The van der Waals surface area contributed by atoms with Gasteiger partial charge in [0.05, 0.1) is 0 Å². The maximum absolute atomic E-state index is 12.8. The average Bonchev–Trinajstić information content (AvgIpc) is 3.10. The maximum atomic E-state index is 12.8. The highest BCUT2D eigenvalue weighted by Crippen LogP contribution is 2.36. The molecule has 1 atom stereocenters. The number of carbonyl (C=O) groups is 1. The molecule has 0 bridgehead atoms. The number of nitrogens with zero attached hydrogens (tertiary/aromatic N) is 1. The second kappa shape index (κ2) is 5.47. The van der Waals surface area contributed by atoms with E-state index in [4.69, 9.17) is 0 Å². The minimum atomic E-state index is 0.104. The minimum absolute atomic E-state index is 0.104. The van der Waals surface area contributed by atoms with Gasteiger partial charge in [0, 0.05) is 23.7 Å². The molecule has 2 aliphatic rings. The van der Waals surface area contributed by atoms with Crippen molar-refractivity contribution < 1.29 is 9.90 Å². The molecule has 1 N–H and O–H groups in total. The Kier molecular flexibility index (Phi) is 3.68. The summed E-state index contributed by atoms with van der Waals surface area (Å²) in [5.74, 6) is 1.01. The molecule has 0 spiro atoms. The van der Waals surface area contributed by atoms with Crippen molar-refractivity contribution in [2.24, 2.45) is 5.92 Å². The maximum Gasteiger partial charge on any atom is 0.254 e. The summed E-state index contributed by atoms with van der Waals surface area (Å²) >= 11 is 0. The second-order valence-corrected chi connectivity index (χ2v) is 6.20. The van der Waals surface area contributed by atoms with Crippen LogP contribution >= 0.6 is 0 Å². The van der Waals surface area contributed by atoms with Crippen LogP contribution < -0.4 is 0 Å². The summed E-state index contributed by atoms with van der Waals surface area (Å²) in [6, 6.07) is 5.66. The van der Waals surface area contributed by atoms with E-state index < -0.39 is 0 Å². The number of carbonyl (C=O) groups excluding carboxylic acids is 1. The molecule has 0 radical (unpaired) electrons. The number of phenolic OH excluding ortho intramolecular Hbond substituents is 1. The van der Waals surface area contributed by atoms with E-state index in [-0.39, 0.29) is 11.7 Å². The topological polar surface area (TPSA) is 40.5 Å². The average molecular weight is 273 g/mol. The SMILES string of the molecule is Cc1c(O)cccc1C(=O)N1CCCC1C1CCCC1. The fraction of sp³-hybridized carbons (Fsp3) is 0.588. The summed E-state index contributed by atoms with van der Waals surface area (Å²) in [6.07, 6.45) is 7.43. The van der Waals surface area contributed by atoms with Crippen molar-refractivity contribution in [2.45, 2.75) is 51.5 Å². The first kappa shape index (κ1) is 13.5. The predicted octanol–water partition coefficient (Wildman–Crippen LogP) is 3.50. The quantitative estimate of drug-likeness (QED) is 0.896. The molecule has 1 unspecified atom stereocenters. The van der Waals surface area contributed by atoms with Gasteiger partial charge in [0.25, 0.3) is 5.91 Å². The largest absolute Gasteiger partial charge is 0.508 e. The molecule has 108 valence electrons. The van der Waals surface area contributed by atoms with Gasteiger partial charge in [0.15, 0.2) is 0 Å². The molecule has 1 aliphatic heterocycles. The van der Waals surface area contributed by atoms with Crippen LogP contribution in [0.5, 0.6) is 5.75 Å². The smallest absolute Gasteiger partial charge is 0.254 e. The number of likely N-dealkylation sites (tertiary alicyclic amines) is 1. The number of benzene rings is 1. The molecule has 1 aromatic carbocycles. The molecule has 1 aliphatic carbocycles. The third kappa shape index (κ3) is 2.30. The van der Waals surface area contributed by atoms with Gasteiger partial charge in [-0.3, -0.25) is 4.79 Å². The minimum Gasteiger partial charge on any atom is -0.508 e. The fourth-order valence-electron chi connectivity index (χ4n) is 3.89. The monoisotopic (exact) mass is 273 g/mol. The van der Waals surface area contributed by atoms with E-state index in [9.17, 15) is 9.90 Å². The Morgan fingerprint density at radius 1 is 1.20 bits per heavy atom. The van der Waals surface area contributed by atoms with Crippen molar-refractivity contribution in [1.82, 2.24) is 4.90 Å². The number of rotatable bonds is 2. The first-order valence-corrected chi connectivity index (χ1v) is 7.78. The van der Waals surface area contributed by atoms with Crippen molar-refractivity contribution >= 4 is 5.91 Å². The van der Waals surface area contributed by atoms with Crippen LogP contribution in [-0.4, -0.2) is 28.5 Å². The van der Waals surface area contributed by atoms with Gasteiger partial charge in [-0.25, -0.2) is 0 Å². The third-order valence-electron chi connectivity index (χ3n) is 5.04. The molecule has 3 rings (SSSR count). The van der Waals surface area contributed by atoms with Crippen molar-refractivity contribution in [3.05, 3.63) is 29.3 Å². The molecule has 1 aromatic rings. The van der Waals surface area contributed by atoms with Gasteiger partial charge < -0.3 is 10.0 Å². The highest BCUT2D eigenvalue weighted by Gasteiger charge is 2.36. The van der Waals surface area contributed by atoms with Crippen molar-refractivity contribution in [1.29, 1.82) is 0 Å². The molecular formula is C17H23NO2. The lowest BCUT2D eigenvalue weighted by molar-refractivity contribution is 0.0688. The van der Waals surface area contributed by atoms with E-state index in [1.165, 1.54) is 25.7 Å². The number of phenols is 1. The number of hydrogen-bond donors (Lipinski definition) is 1. The van der Waals surface area contributed by atoms with Crippen molar-refractivity contribution in [2.75, 3.05) is 6.54 Å². The van der Waals surface area contributed by atoms with Crippen LogP contribution in [0.2, 0.25) is 0 Å². The van der Waals surface area contributed by atoms with Crippen LogP contribution in [0, 0.1) is 12.8 Å². The van der Waals surface area contributed by atoms with Gasteiger partial charge in [0.2, 0.25) is 0 Å². The zero-order valence-corrected chi connectivity index (χ0v) is 12.1. The highest BCUT2D eigenvalue weighted by molar-refractivity contribution is 5.96. The highest BCUT2D eigenvalue weighted by atomic mass is 16.3. The molecule has 1 saturated heterocycles. The Balaban J connectivity index is 1.83. The van der Waals surface area contributed by atoms with E-state index in [1.807, 2.05) is 13.0 Å². The van der Waals surface area contributed by atoms with Gasteiger partial charge in [-0.2, -0.15) is 0 Å². The van der Waals surface area contributed by atoms with E-state index >= 15 is 0 Å². The summed E-state index contributed by atoms with van der Waals surface area (Å²) in [6.45, 7) is 2.69. The molecule has 3 heteroatoms. The Hall–Kier alpha value is -1.51. The summed E-state index contributed by atoms with van der Waals surface area (Å²) in [5, 5.41) is 9.80. The van der Waals surface area contributed by atoms with Crippen LogP contribution in [0.15, 0.2) is 18.2 Å². The molecule has 1 amide bonds. The second-order valence-electron chi connectivity index (χ2n) is 6.20. The molecule has 1 saturated carbocycles. The van der Waals surface area contributed by atoms with E-state index in [0.717, 1.165) is 19.4 Å². The lowest BCUT2D eigenvalue weighted by atomic mass is 9.95. The summed E-state index contributed by atoms with van der Waals surface area (Å²) in [4.78, 5) is 14.9. The van der Waals surface area contributed by atoms with E-state index in [0.29, 0.717) is 23.1 Å². The van der Waals surface area contributed by atoms with Crippen LogP contribution in [0.3, 0.4) is 0 Å². The van der Waals surface area contributed by atoms with E-state index in [1.54, 1.807) is 12.1 Å². The molecular weight excluding hydrogens is 250 g/mol. The fourth-order valence-corrected chi connectivity index (χ4v) is 3.89. The van der Waals surface area contributed by atoms with Crippen LogP contribution in [0.1, 0.15) is 54.4 Å². The molecule has 0 aromatic heterocycles. The number of hydrogen-bond acceptors (Lipinski definition) is 2. The lowest BCUT2D eigenvalue weighted by Crippen LogP contribution is -2.39. The normalized spacial score (nSPS) is 23.4. The van der Waals surface area contributed by atoms with Crippen LogP contribution in [-0.2, 0) is 0 Å². The van der Waals surface area contributed by atoms with Gasteiger partial charge in [-0.1, -0.05) is 18.9 Å². The molecule has 20 heavy (non-hydrogen) atoms. The Morgan fingerprint density at radius 3 is 2.70 bits per heavy atom. The van der Waals surface area contributed by atoms with Gasteiger partial charge in [-0.15, -0.1) is 0 Å². The lowest BCUT2D eigenvalue weighted by Gasteiger charge is -2.30. The first-order chi connectivity index (χ1) is 9.68.